The van der Waals surface area contributed by atoms with Gasteiger partial charge in [-0.15, -0.1) is 0 Å². The van der Waals surface area contributed by atoms with Crippen molar-refractivity contribution < 1.29 is 4.39 Å². The van der Waals surface area contributed by atoms with Gasteiger partial charge < -0.3 is 0 Å². The highest BCUT2D eigenvalue weighted by Gasteiger charge is 2.07. The van der Waals surface area contributed by atoms with Gasteiger partial charge in [0.25, 0.3) is 0 Å². The van der Waals surface area contributed by atoms with Gasteiger partial charge in [0.05, 0.1) is 0 Å². The summed E-state index contributed by atoms with van der Waals surface area (Å²) < 4.78 is 18.0. The van der Waals surface area contributed by atoms with Crippen molar-refractivity contribution in [2.75, 3.05) is 0 Å². The highest BCUT2D eigenvalue weighted by molar-refractivity contribution is 9.10. The molecule has 0 N–H and O–H groups in total. The second-order valence-corrected chi connectivity index (χ2v) is 4.78. The molecular formula is C8H3BrClFN2S. The van der Waals surface area contributed by atoms with E-state index in [0.717, 1.165) is 11.5 Å². The van der Waals surface area contributed by atoms with Gasteiger partial charge in [-0.05, 0) is 41.3 Å². The zero-order chi connectivity index (χ0) is 10.1. The minimum atomic E-state index is -0.333. The van der Waals surface area contributed by atoms with E-state index in [1.54, 1.807) is 6.07 Å². The first-order valence-corrected chi connectivity index (χ1v) is 5.55. The molecule has 14 heavy (non-hydrogen) atoms. The molecule has 0 saturated heterocycles. The first-order chi connectivity index (χ1) is 6.65. The van der Waals surface area contributed by atoms with Gasteiger partial charge >= 0.3 is 0 Å². The minimum absolute atomic E-state index is 0.333. The van der Waals surface area contributed by atoms with Gasteiger partial charge in [-0.25, -0.2) is 9.37 Å². The van der Waals surface area contributed by atoms with Crippen molar-refractivity contribution >= 4 is 39.1 Å². The third kappa shape index (κ3) is 2.10. The van der Waals surface area contributed by atoms with Crippen LogP contribution in [0, 0.1) is 5.82 Å². The van der Waals surface area contributed by atoms with Crippen molar-refractivity contribution in [1.29, 1.82) is 0 Å². The number of halogens is 3. The molecule has 1 aromatic carbocycles. The lowest BCUT2D eigenvalue weighted by molar-refractivity contribution is 0.627. The second-order valence-electron chi connectivity index (χ2n) is 2.53. The van der Waals surface area contributed by atoms with Crippen LogP contribution in [0.2, 0.25) is 4.47 Å². The van der Waals surface area contributed by atoms with Gasteiger partial charge in [-0.2, -0.15) is 4.37 Å². The molecule has 6 heteroatoms. The smallest absolute Gasteiger partial charge is 0.203 e. The molecule has 0 bridgehead atoms. The topological polar surface area (TPSA) is 25.8 Å². The summed E-state index contributed by atoms with van der Waals surface area (Å²) in [6, 6.07) is 4.47. The maximum absolute atomic E-state index is 13.0. The van der Waals surface area contributed by atoms with Crippen molar-refractivity contribution in [2.24, 2.45) is 0 Å². The minimum Gasteiger partial charge on any atom is -0.207 e. The third-order valence-corrected chi connectivity index (χ3v) is 2.78. The van der Waals surface area contributed by atoms with Crippen LogP contribution in [-0.4, -0.2) is 9.36 Å². The number of benzene rings is 1. The van der Waals surface area contributed by atoms with E-state index in [1.165, 1.54) is 12.1 Å². The van der Waals surface area contributed by atoms with Crippen molar-refractivity contribution in [3.05, 3.63) is 33.0 Å². The molecular weight excluding hydrogens is 291 g/mol. The van der Waals surface area contributed by atoms with Crippen molar-refractivity contribution in [1.82, 2.24) is 9.36 Å². The molecule has 0 unspecified atom stereocenters. The van der Waals surface area contributed by atoms with E-state index in [2.05, 4.69) is 25.3 Å². The highest BCUT2D eigenvalue weighted by atomic mass is 79.9. The fourth-order valence-electron chi connectivity index (χ4n) is 1.01. The van der Waals surface area contributed by atoms with Crippen LogP contribution in [0.3, 0.4) is 0 Å². The summed E-state index contributed by atoms with van der Waals surface area (Å²) in [5.41, 5.74) is 0.611. The summed E-state index contributed by atoms with van der Waals surface area (Å²) in [7, 11) is 0. The van der Waals surface area contributed by atoms with Gasteiger partial charge in [0, 0.05) is 10.0 Å². The molecule has 0 aliphatic rings. The summed E-state index contributed by atoms with van der Waals surface area (Å²) >= 11 is 9.90. The molecule has 0 aliphatic carbocycles. The lowest BCUT2D eigenvalue weighted by Gasteiger charge is -1.96. The van der Waals surface area contributed by atoms with Gasteiger partial charge in [-0.1, -0.05) is 15.9 Å². The van der Waals surface area contributed by atoms with Gasteiger partial charge in [0.1, 0.15) is 5.82 Å². The van der Waals surface area contributed by atoms with E-state index in [9.17, 15) is 4.39 Å². The average Bonchev–Trinajstić information content (AvgIpc) is 2.50. The largest absolute Gasteiger partial charge is 0.207 e. The summed E-state index contributed by atoms with van der Waals surface area (Å²) in [4.78, 5) is 3.95. The number of rotatable bonds is 1. The van der Waals surface area contributed by atoms with E-state index in [4.69, 9.17) is 11.6 Å². The Kier molecular flexibility index (Phi) is 2.80. The van der Waals surface area contributed by atoms with Crippen molar-refractivity contribution in [3.8, 4) is 11.4 Å². The van der Waals surface area contributed by atoms with Crippen LogP contribution in [0.1, 0.15) is 0 Å². The molecule has 0 saturated carbocycles. The first kappa shape index (κ1) is 10.0. The molecule has 1 aromatic heterocycles. The monoisotopic (exact) mass is 292 g/mol. The van der Waals surface area contributed by atoms with Crippen LogP contribution >= 0.6 is 39.1 Å². The Balaban J connectivity index is 2.51. The Hall–Kier alpha value is -0.520. The molecule has 0 radical (unpaired) electrons. The Labute approximate surface area is 97.0 Å². The van der Waals surface area contributed by atoms with Gasteiger partial charge in [-0.3, -0.25) is 0 Å². The van der Waals surface area contributed by atoms with E-state index < -0.39 is 0 Å². The van der Waals surface area contributed by atoms with Crippen LogP contribution in [-0.2, 0) is 0 Å². The molecule has 0 fully saturated rings. The van der Waals surface area contributed by atoms with Crippen LogP contribution in [0.5, 0.6) is 0 Å². The maximum atomic E-state index is 13.0. The van der Waals surface area contributed by atoms with Crippen molar-refractivity contribution in [2.45, 2.75) is 0 Å². The summed E-state index contributed by atoms with van der Waals surface area (Å²) in [6.45, 7) is 0. The molecule has 0 amide bonds. The molecule has 0 atom stereocenters. The van der Waals surface area contributed by atoms with E-state index in [1.807, 2.05) is 0 Å². The predicted molar refractivity (Wildman–Crippen MR) is 58.0 cm³/mol. The fourth-order valence-corrected chi connectivity index (χ4v) is 2.09. The Bertz CT molecular complexity index is 454. The lowest BCUT2D eigenvalue weighted by Crippen LogP contribution is -1.82. The summed E-state index contributed by atoms with van der Waals surface area (Å²) in [5.74, 6) is 0.112. The van der Waals surface area contributed by atoms with Crippen LogP contribution < -0.4 is 0 Å². The molecule has 0 aliphatic heterocycles. The number of hydrogen-bond donors (Lipinski definition) is 0. The van der Waals surface area contributed by atoms with Crippen molar-refractivity contribution in [3.63, 3.8) is 0 Å². The van der Waals surface area contributed by atoms with Crippen LogP contribution in [0.15, 0.2) is 22.7 Å². The molecule has 2 nitrogen and oxygen atoms in total. The lowest BCUT2D eigenvalue weighted by atomic mass is 10.2. The molecule has 2 aromatic rings. The SMILES string of the molecule is Fc1cc(Br)cc(-c2nsc(Cl)n2)c1. The zero-order valence-electron chi connectivity index (χ0n) is 6.67. The number of hydrogen-bond acceptors (Lipinski definition) is 3. The Morgan fingerprint density at radius 1 is 1.36 bits per heavy atom. The Morgan fingerprint density at radius 2 is 2.14 bits per heavy atom. The second kappa shape index (κ2) is 3.92. The van der Waals surface area contributed by atoms with Gasteiger partial charge in [0.15, 0.2) is 5.82 Å². The molecule has 1 heterocycles. The van der Waals surface area contributed by atoms with E-state index in [0.29, 0.717) is 20.3 Å². The van der Waals surface area contributed by atoms with Gasteiger partial charge in [0.2, 0.25) is 4.47 Å². The quantitative estimate of drug-likeness (QED) is 0.800. The number of aromatic nitrogens is 2. The highest BCUT2D eigenvalue weighted by Crippen LogP contribution is 2.24. The van der Waals surface area contributed by atoms with E-state index >= 15 is 0 Å². The van der Waals surface area contributed by atoms with E-state index in [-0.39, 0.29) is 5.82 Å². The Morgan fingerprint density at radius 3 is 2.71 bits per heavy atom. The first-order valence-electron chi connectivity index (χ1n) is 3.61. The average molecular weight is 294 g/mol. The summed E-state index contributed by atoms with van der Waals surface area (Å²) in [5, 5.41) is 0. The molecule has 72 valence electrons. The maximum Gasteiger partial charge on any atom is 0.203 e. The standard InChI is InChI=1S/C8H3BrClFN2S/c9-5-1-4(2-6(11)3-5)7-12-8(10)14-13-7/h1-3H. The van der Waals surface area contributed by atoms with Crippen LogP contribution in [0.4, 0.5) is 4.39 Å². The number of nitrogens with zero attached hydrogens (tertiary/aromatic N) is 2. The fraction of sp³-hybridized carbons (Fsp3) is 0. The zero-order valence-corrected chi connectivity index (χ0v) is 9.83. The normalized spacial score (nSPS) is 10.5. The third-order valence-electron chi connectivity index (χ3n) is 1.52. The van der Waals surface area contributed by atoms with Crippen LogP contribution in [0.25, 0.3) is 11.4 Å². The molecule has 2 rings (SSSR count). The predicted octanol–water partition coefficient (Wildman–Crippen LogP) is 3.76. The summed E-state index contributed by atoms with van der Waals surface area (Å²) in [6.07, 6.45) is 0. The molecule has 0 spiro atoms.